The SMILES string of the molecule is Cc1ccc2sc(-c3ccc(/C=C(\C#N)c4nc5ccccc5[nH]4)o3)nc2c1. The summed E-state index contributed by atoms with van der Waals surface area (Å²) in [6.07, 6.45) is 1.69. The van der Waals surface area contributed by atoms with Crippen molar-refractivity contribution in [2.75, 3.05) is 0 Å². The second-order valence-corrected chi connectivity index (χ2v) is 7.50. The highest BCUT2D eigenvalue weighted by Crippen LogP contribution is 2.32. The quantitative estimate of drug-likeness (QED) is 0.400. The molecule has 0 unspecified atom stereocenters. The van der Waals surface area contributed by atoms with Gasteiger partial charge < -0.3 is 9.40 Å². The summed E-state index contributed by atoms with van der Waals surface area (Å²) < 4.78 is 7.06. The van der Waals surface area contributed by atoms with E-state index in [2.05, 4.69) is 46.1 Å². The lowest BCUT2D eigenvalue weighted by molar-refractivity contribution is 0.571. The molecule has 0 aliphatic carbocycles. The van der Waals surface area contributed by atoms with E-state index in [1.54, 1.807) is 17.4 Å². The van der Waals surface area contributed by atoms with Crippen molar-refractivity contribution in [3.8, 4) is 16.8 Å². The highest BCUT2D eigenvalue weighted by Gasteiger charge is 2.12. The minimum atomic E-state index is 0.414. The van der Waals surface area contributed by atoms with Crippen LogP contribution in [0, 0.1) is 18.3 Å². The Morgan fingerprint density at radius 1 is 1.11 bits per heavy atom. The first-order valence-corrected chi connectivity index (χ1v) is 9.55. The summed E-state index contributed by atoms with van der Waals surface area (Å²) in [6.45, 7) is 2.05. The zero-order valence-corrected chi connectivity index (χ0v) is 15.7. The molecule has 0 aliphatic heterocycles. The van der Waals surface area contributed by atoms with Crippen LogP contribution in [0.15, 0.2) is 59.0 Å². The van der Waals surface area contributed by atoms with Crippen molar-refractivity contribution in [3.63, 3.8) is 0 Å². The Balaban J connectivity index is 1.51. The van der Waals surface area contributed by atoms with E-state index in [0.29, 0.717) is 22.9 Å². The Bertz CT molecular complexity index is 1360. The number of nitriles is 1. The van der Waals surface area contributed by atoms with Gasteiger partial charge in [0.25, 0.3) is 0 Å². The first-order chi connectivity index (χ1) is 13.7. The number of hydrogen-bond acceptors (Lipinski definition) is 5. The summed E-state index contributed by atoms with van der Waals surface area (Å²) in [4.78, 5) is 12.3. The topological polar surface area (TPSA) is 78.5 Å². The molecule has 2 aromatic carbocycles. The summed E-state index contributed by atoms with van der Waals surface area (Å²) in [6, 6.07) is 19.8. The van der Waals surface area contributed by atoms with Gasteiger partial charge >= 0.3 is 0 Å². The van der Waals surface area contributed by atoms with Crippen molar-refractivity contribution < 1.29 is 4.42 Å². The minimum absolute atomic E-state index is 0.414. The van der Waals surface area contributed by atoms with Gasteiger partial charge in [-0.25, -0.2) is 9.97 Å². The molecule has 3 aromatic heterocycles. The molecule has 0 aliphatic rings. The Morgan fingerprint density at radius 3 is 2.86 bits per heavy atom. The van der Waals surface area contributed by atoms with Gasteiger partial charge in [0.1, 0.15) is 17.7 Å². The third-order valence-corrected chi connectivity index (χ3v) is 5.48. The Kier molecular flexibility index (Phi) is 3.81. The molecule has 6 heteroatoms. The summed E-state index contributed by atoms with van der Waals surface area (Å²) in [5.41, 5.74) is 4.27. The van der Waals surface area contributed by atoms with Gasteiger partial charge in [-0.15, -0.1) is 11.3 Å². The third kappa shape index (κ3) is 2.88. The van der Waals surface area contributed by atoms with E-state index in [-0.39, 0.29) is 0 Å². The maximum Gasteiger partial charge on any atom is 0.163 e. The molecule has 0 spiro atoms. The van der Waals surface area contributed by atoms with Crippen LogP contribution < -0.4 is 0 Å². The Labute approximate surface area is 164 Å². The molecule has 134 valence electrons. The number of fused-ring (bicyclic) bond motifs is 2. The highest BCUT2D eigenvalue weighted by atomic mass is 32.1. The molecule has 1 N–H and O–H groups in total. The first kappa shape index (κ1) is 16.5. The summed E-state index contributed by atoms with van der Waals surface area (Å²) in [7, 11) is 0. The molecule has 0 saturated carbocycles. The van der Waals surface area contributed by atoms with E-state index in [1.807, 2.05) is 36.4 Å². The number of benzene rings is 2. The first-order valence-electron chi connectivity index (χ1n) is 8.74. The second-order valence-electron chi connectivity index (χ2n) is 6.46. The van der Waals surface area contributed by atoms with E-state index in [1.165, 1.54) is 5.56 Å². The average Bonchev–Trinajstić information content (AvgIpc) is 3.42. The van der Waals surface area contributed by atoms with Gasteiger partial charge in [-0.2, -0.15) is 5.26 Å². The van der Waals surface area contributed by atoms with Crippen LogP contribution in [0.4, 0.5) is 0 Å². The van der Waals surface area contributed by atoms with Crippen LogP contribution in [0.2, 0.25) is 0 Å². The lowest BCUT2D eigenvalue weighted by Gasteiger charge is -1.92. The second kappa shape index (κ2) is 6.48. The molecule has 5 nitrogen and oxygen atoms in total. The van der Waals surface area contributed by atoms with E-state index in [4.69, 9.17) is 4.42 Å². The fourth-order valence-electron chi connectivity index (χ4n) is 3.06. The minimum Gasteiger partial charge on any atom is -0.454 e. The number of rotatable bonds is 3. The molecule has 0 fully saturated rings. The number of aromatic nitrogens is 3. The number of aryl methyl sites for hydroxylation is 1. The Hall–Kier alpha value is -3.69. The zero-order valence-electron chi connectivity index (χ0n) is 14.9. The number of furan rings is 1. The maximum absolute atomic E-state index is 9.58. The van der Waals surface area contributed by atoms with Crippen LogP contribution >= 0.6 is 11.3 Å². The van der Waals surface area contributed by atoms with Gasteiger partial charge in [-0.1, -0.05) is 18.2 Å². The van der Waals surface area contributed by atoms with E-state index >= 15 is 0 Å². The molecule has 0 bridgehead atoms. The van der Waals surface area contributed by atoms with Crippen LogP contribution in [-0.4, -0.2) is 15.0 Å². The molecule has 0 radical (unpaired) electrons. The fourth-order valence-corrected chi connectivity index (χ4v) is 3.97. The van der Waals surface area contributed by atoms with Crippen molar-refractivity contribution >= 4 is 44.2 Å². The van der Waals surface area contributed by atoms with Gasteiger partial charge in [0.05, 0.1) is 26.8 Å². The molecule has 0 atom stereocenters. The van der Waals surface area contributed by atoms with Gasteiger partial charge in [0.15, 0.2) is 10.8 Å². The van der Waals surface area contributed by atoms with Crippen molar-refractivity contribution in [2.24, 2.45) is 0 Å². The van der Waals surface area contributed by atoms with E-state index < -0.39 is 0 Å². The number of para-hydroxylation sites is 2. The van der Waals surface area contributed by atoms with Crippen molar-refractivity contribution in [2.45, 2.75) is 6.92 Å². The molecule has 28 heavy (non-hydrogen) atoms. The normalized spacial score (nSPS) is 11.9. The largest absolute Gasteiger partial charge is 0.454 e. The van der Waals surface area contributed by atoms with Gasteiger partial charge in [0.2, 0.25) is 0 Å². The predicted molar refractivity (Wildman–Crippen MR) is 112 cm³/mol. The molecule has 3 heterocycles. The monoisotopic (exact) mass is 382 g/mol. The summed E-state index contributed by atoms with van der Waals surface area (Å²) in [5, 5.41) is 10.4. The third-order valence-electron chi connectivity index (χ3n) is 4.43. The highest BCUT2D eigenvalue weighted by molar-refractivity contribution is 7.21. The summed E-state index contributed by atoms with van der Waals surface area (Å²) in [5.74, 6) is 1.80. The molecule has 0 amide bonds. The lowest BCUT2D eigenvalue weighted by Crippen LogP contribution is -1.84. The number of imidazole rings is 1. The van der Waals surface area contributed by atoms with Crippen molar-refractivity contribution in [1.29, 1.82) is 5.26 Å². The van der Waals surface area contributed by atoms with Crippen LogP contribution in [0.5, 0.6) is 0 Å². The number of thiazole rings is 1. The molecule has 0 saturated heterocycles. The number of nitrogens with zero attached hydrogens (tertiary/aromatic N) is 3. The van der Waals surface area contributed by atoms with Crippen molar-refractivity contribution in [1.82, 2.24) is 15.0 Å². The van der Waals surface area contributed by atoms with Crippen LogP contribution in [0.1, 0.15) is 17.1 Å². The number of nitrogens with one attached hydrogen (secondary N) is 1. The standard InChI is InChI=1S/C22H14N4OS/c1-13-6-9-20-18(10-13)26-22(28-20)19-8-7-15(27-19)11-14(12-23)21-24-16-4-2-3-5-17(16)25-21/h2-11H,1H3,(H,24,25)/b14-11+. The van der Waals surface area contributed by atoms with Gasteiger partial charge in [0, 0.05) is 6.08 Å². The van der Waals surface area contributed by atoms with Gasteiger partial charge in [-0.3, -0.25) is 0 Å². The molecular weight excluding hydrogens is 368 g/mol. The average molecular weight is 382 g/mol. The maximum atomic E-state index is 9.58. The lowest BCUT2D eigenvalue weighted by atomic mass is 10.2. The van der Waals surface area contributed by atoms with Crippen LogP contribution in [0.3, 0.4) is 0 Å². The molecule has 5 rings (SSSR count). The van der Waals surface area contributed by atoms with E-state index in [9.17, 15) is 5.26 Å². The smallest absolute Gasteiger partial charge is 0.163 e. The predicted octanol–water partition coefficient (Wildman–Crippen LogP) is 5.81. The van der Waals surface area contributed by atoms with Crippen LogP contribution in [-0.2, 0) is 0 Å². The molecule has 5 aromatic rings. The van der Waals surface area contributed by atoms with Crippen molar-refractivity contribution in [3.05, 3.63) is 71.7 Å². The Morgan fingerprint density at radius 2 is 2.00 bits per heavy atom. The summed E-state index contributed by atoms with van der Waals surface area (Å²) >= 11 is 1.59. The van der Waals surface area contributed by atoms with Gasteiger partial charge in [-0.05, 0) is 48.9 Å². The van der Waals surface area contributed by atoms with E-state index in [0.717, 1.165) is 26.3 Å². The number of aromatic amines is 1. The zero-order chi connectivity index (χ0) is 19.1. The van der Waals surface area contributed by atoms with Crippen LogP contribution in [0.25, 0.3) is 43.7 Å². The number of allylic oxidation sites excluding steroid dienone is 1. The number of H-pyrrole nitrogens is 1. The molecular formula is C22H14N4OS. The fraction of sp³-hybridized carbons (Fsp3) is 0.0455. The number of hydrogen-bond donors (Lipinski definition) is 1.